The van der Waals surface area contributed by atoms with Crippen LogP contribution < -0.4 is 11.7 Å². The number of hydrogen-bond acceptors (Lipinski definition) is 2. The van der Waals surface area contributed by atoms with Crippen molar-refractivity contribution in [2.24, 2.45) is 11.7 Å². The molecule has 0 radical (unpaired) electrons. The monoisotopic (exact) mass is 166 g/mol. The molecule has 0 unspecified atom stereocenters. The Hall–Kier alpha value is -0.860. The van der Waals surface area contributed by atoms with Gasteiger partial charge in [0.25, 0.3) is 0 Å². The van der Waals surface area contributed by atoms with Crippen LogP contribution in [0.3, 0.4) is 0 Å². The van der Waals surface area contributed by atoms with Crippen LogP contribution in [0.1, 0.15) is 22.3 Å². The van der Waals surface area contributed by atoms with Crippen LogP contribution in [-0.2, 0) is 0 Å². The van der Waals surface area contributed by atoms with Gasteiger partial charge in [-0.25, -0.2) is 0 Å². The Bertz CT molecular complexity index is 204. The average molecular weight is 166 g/mol. The molecule has 1 aromatic carbocycles. The van der Waals surface area contributed by atoms with Gasteiger partial charge in [0, 0.05) is 0 Å². The SMILES string of the molecule is Cc1cc(C)c(C)cc1C.NN. The molecule has 0 heterocycles. The standard InChI is InChI=1S/C10H14.H4N2/c1-7-5-9(3)10(4)6-8(7)2;1-2/h5-6H,1-4H3;1-2H2. The molecule has 1 rings (SSSR count). The summed E-state index contributed by atoms with van der Waals surface area (Å²) >= 11 is 0. The fourth-order valence-corrected chi connectivity index (χ4v) is 1.10. The molecule has 0 spiro atoms. The van der Waals surface area contributed by atoms with Gasteiger partial charge in [-0.3, -0.25) is 11.7 Å². The average Bonchev–Trinajstić information content (AvgIpc) is 2.05. The first-order chi connectivity index (χ1) is 5.61. The molecule has 2 heteroatoms. The molecule has 0 saturated carbocycles. The summed E-state index contributed by atoms with van der Waals surface area (Å²) in [6, 6.07) is 4.48. The van der Waals surface area contributed by atoms with Crippen LogP contribution in [0.25, 0.3) is 0 Å². The number of rotatable bonds is 0. The molecule has 4 N–H and O–H groups in total. The number of hydrogen-bond donors (Lipinski definition) is 2. The maximum absolute atomic E-state index is 4.00. The molecule has 2 nitrogen and oxygen atoms in total. The first-order valence-electron chi connectivity index (χ1n) is 3.99. The molecule has 0 amide bonds. The van der Waals surface area contributed by atoms with E-state index in [-0.39, 0.29) is 0 Å². The zero-order valence-corrected chi connectivity index (χ0v) is 8.31. The molecular weight excluding hydrogens is 148 g/mol. The topological polar surface area (TPSA) is 52.0 Å². The lowest BCUT2D eigenvalue weighted by molar-refractivity contribution is 1.24. The van der Waals surface area contributed by atoms with Crippen molar-refractivity contribution in [2.75, 3.05) is 0 Å². The highest BCUT2D eigenvalue weighted by Crippen LogP contribution is 2.13. The Kier molecular flexibility index (Phi) is 4.55. The van der Waals surface area contributed by atoms with Gasteiger partial charge in [-0.05, 0) is 49.9 Å². The van der Waals surface area contributed by atoms with Crippen LogP contribution in [0.5, 0.6) is 0 Å². The summed E-state index contributed by atoms with van der Waals surface area (Å²) in [6.45, 7) is 8.62. The zero-order valence-electron chi connectivity index (χ0n) is 8.31. The summed E-state index contributed by atoms with van der Waals surface area (Å²) in [7, 11) is 0. The molecule has 0 aromatic heterocycles. The van der Waals surface area contributed by atoms with Gasteiger partial charge in [-0.2, -0.15) is 0 Å². The van der Waals surface area contributed by atoms with E-state index in [9.17, 15) is 0 Å². The molecule has 0 bridgehead atoms. The van der Waals surface area contributed by atoms with Crippen molar-refractivity contribution in [1.29, 1.82) is 0 Å². The van der Waals surface area contributed by atoms with Crippen LogP contribution in [0.4, 0.5) is 0 Å². The van der Waals surface area contributed by atoms with Gasteiger partial charge < -0.3 is 0 Å². The van der Waals surface area contributed by atoms with Gasteiger partial charge in [0.1, 0.15) is 0 Å². The smallest absolute Gasteiger partial charge is 0.0395 e. The maximum Gasteiger partial charge on any atom is -0.0395 e. The van der Waals surface area contributed by atoms with Crippen LogP contribution in [0, 0.1) is 27.7 Å². The van der Waals surface area contributed by atoms with Gasteiger partial charge in [0.05, 0.1) is 0 Å². The number of hydrazine groups is 1. The molecule has 12 heavy (non-hydrogen) atoms. The van der Waals surface area contributed by atoms with Crippen LogP contribution >= 0.6 is 0 Å². The number of nitrogens with two attached hydrogens (primary N) is 2. The molecular formula is C10H18N2. The number of benzene rings is 1. The normalized spacial score (nSPS) is 8.83. The van der Waals surface area contributed by atoms with Crippen LogP contribution in [0.15, 0.2) is 12.1 Å². The molecule has 68 valence electrons. The highest BCUT2D eigenvalue weighted by atomic mass is 15.0. The minimum Gasteiger partial charge on any atom is -0.274 e. The maximum atomic E-state index is 4.00. The summed E-state index contributed by atoms with van der Waals surface area (Å²) in [6.07, 6.45) is 0. The lowest BCUT2D eigenvalue weighted by Gasteiger charge is -2.04. The molecule has 0 aliphatic heterocycles. The Morgan fingerprint density at radius 1 is 0.667 bits per heavy atom. The Morgan fingerprint density at radius 3 is 1.00 bits per heavy atom. The van der Waals surface area contributed by atoms with Crippen molar-refractivity contribution in [3.8, 4) is 0 Å². The largest absolute Gasteiger partial charge is 0.274 e. The van der Waals surface area contributed by atoms with Crippen molar-refractivity contribution in [1.82, 2.24) is 0 Å². The van der Waals surface area contributed by atoms with Crippen molar-refractivity contribution >= 4 is 0 Å². The quantitative estimate of drug-likeness (QED) is 0.455. The summed E-state index contributed by atoms with van der Waals surface area (Å²) in [5, 5.41) is 0. The highest BCUT2D eigenvalue weighted by Gasteiger charge is 1.95. The van der Waals surface area contributed by atoms with Crippen molar-refractivity contribution in [3.05, 3.63) is 34.4 Å². The van der Waals surface area contributed by atoms with Gasteiger partial charge in [0.15, 0.2) is 0 Å². The van der Waals surface area contributed by atoms with Gasteiger partial charge in [-0.1, -0.05) is 12.1 Å². The van der Waals surface area contributed by atoms with E-state index in [0.29, 0.717) is 0 Å². The third-order valence-electron chi connectivity index (χ3n) is 2.11. The van der Waals surface area contributed by atoms with Crippen molar-refractivity contribution < 1.29 is 0 Å². The Labute approximate surface area is 74.5 Å². The molecule has 0 aliphatic rings. The van der Waals surface area contributed by atoms with E-state index in [1.165, 1.54) is 22.3 Å². The summed E-state index contributed by atoms with van der Waals surface area (Å²) in [5.41, 5.74) is 5.57. The predicted octanol–water partition coefficient (Wildman–Crippen LogP) is 1.74. The summed E-state index contributed by atoms with van der Waals surface area (Å²) in [4.78, 5) is 0. The van der Waals surface area contributed by atoms with E-state index in [4.69, 9.17) is 0 Å². The fourth-order valence-electron chi connectivity index (χ4n) is 1.10. The molecule has 0 saturated heterocycles. The zero-order chi connectivity index (χ0) is 9.72. The first-order valence-corrected chi connectivity index (χ1v) is 3.99. The molecule has 0 atom stereocenters. The van der Waals surface area contributed by atoms with E-state index >= 15 is 0 Å². The summed E-state index contributed by atoms with van der Waals surface area (Å²) < 4.78 is 0. The van der Waals surface area contributed by atoms with E-state index in [1.807, 2.05) is 0 Å². The highest BCUT2D eigenvalue weighted by molar-refractivity contribution is 5.35. The van der Waals surface area contributed by atoms with Gasteiger partial charge >= 0.3 is 0 Å². The lowest BCUT2D eigenvalue weighted by Crippen LogP contribution is -2.02. The van der Waals surface area contributed by atoms with E-state index < -0.39 is 0 Å². The van der Waals surface area contributed by atoms with Crippen LogP contribution in [-0.4, -0.2) is 0 Å². The second-order valence-electron chi connectivity index (χ2n) is 3.02. The number of aryl methyl sites for hydroxylation is 4. The molecule has 0 aliphatic carbocycles. The molecule has 0 fully saturated rings. The first kappa shape index (κ1) is 11.1. The van der Waals surface area contributed by atoms with Crippen molar-refractivity contribution in [2.45, 2.75) is 27.7 Å². The van der Waals surface area contributed by atoms with Crippen molar-refractivity contribution in [3.63, 3.8) is 0 Å². The summed E-state index contributed by atoms with van der Waals surface area (Å²) in [5.74, 6) is 8.00. The fraction of sp³-hybridized carbons (Fsp3) is 0.400. The second kappa shape index (κ2) is 4.91. The predicted molar refractivity (Wildman–Crippen MR) is 53.8 cm³/mol. The second-order valence-corrected chi connectivity index (χ2v) is 3.02. The van der Waals surface area contributed by atoms with E-state index in [2.05, 4.69) is 51.5 Å². The van der Waals surface area contributed by atoms with Gasteiger partial charge in [-0.15, -0.1) is 0 Å². The van der Waals surface area contributed by atoms with Crippen LogP contribution in [0.2, 0.25) is 0 Å². The Morgan fingerprint density at radius 2 is 0.833 bits per heavy atom. The Balaban J connectivity index is 0.000000561. The lowest BCUT2D eigenvalue weighted by atomic mass is 10.0. The van der Waals surface area contributed by atoms with E-state index in [0.717, 1.165) is 0 Å². The van der Waals surface area contributed by atoms with E-state index in [1.54, 1.807) is 0 Å². The molecule has 1 aromatic rings. The van der Waals surface area contributed by atoms with Gasteiger partial charge in [0.2, 0.25) is 0 Å². The minimum atomic E-state index is 1.39. The minimum absolute atomic E-state index is 1.39. The third kappa shape index (κ3) is 2.64. The third-order valence-corrected chi connectivity index (χ3v) is 2.11.